The zero-order valence-electron chi connectivity index (χ0n) is 16.3. The molecule has 6 heteroatoms. The van der Waals surface area contributed by atoms with E-state index in [2.05, 4.69) is 5.32 Å². The lowest BCUT2D eigenvalue weighted by Crippen LogP contribution is -2.22. The van der Waals surface area contributed by atoms with Crippen LogP contribution in [0.3, 0.4) is 0 Å². The van der Waals surface area contributed by atoms with Crippen molar-refractivity contribution in [1.29, 1.82) is 0 Å². The van der Waals surface area contributed by atoms with E-state index < -0.39 is 0 Å². The maximum atomic E-state index is 6.25. The van der Waals surface area contributed by atoms with Crippen molar-refractivity contribution in [1.82, 2.24) is 5.32 Å². The molecular formula is C23H22ClNO3S. The predicted molar refractivity (Wildman–Crippen MR) is 120 cm³/mol. The number of thiocarbonyl (C=S) groups is 1. The highest BCUT2D eigenvalue weighted by Gasteiger charge is 2.15. The number of hydrogen-bond acceptors (Lipinski definition) is 4. The van der Waals surface area contributed by atoms with Crippen LogP contribution in [-0.2, 0) is 13.2 Å². The van der Waals surface area contributed by atoms with E-state index in [4.69, 9.17) is 38.0 Å². The number of benzene rings is 3. The van der Waals surface area contributed by atoms with Gasteiger partial charge < -0.3 is 19.5 Å². The van der Waals surface area contributed by atoms with Gasteiger partial charge in [-0.2, -0.15) is 0 Å². The second-order valence-corrected chi connectivity index (χ2v) is 7.06. The highest BCUT2D eigenvalue weighted by atomic mass is 35.5. The van der Waals surface area contributed by atoms with Crippen molar-refractivity contribution in [3.8, 4) is 17.2 Å². The lowest BCUT2D eigenvalue weighted by molar-refractivity contribution is 0.284. The highest BCUT2D eigenvalue weighted by Crippen LogP contribution is 2.32. The van der Waals surface area contributed by atoms with Crippen molar-refractivity contribution in [2.75, 3.05) is 14.2 Å². The number of para-hydroxylation sites is 1. The molecule has 0 aromatic heterocycles. The molecule has 0 bridgehead atoms. The van der Waals surface area contributed by atoms with Crippen molar-refractivity contribution in [3.05, 3.63) is 88.4 Å². The Bertz CT molecular complexity index is 976. The third-order valence-electron chi connectivity index (χ3n) is 4.39. The Labute approximate surface area is 181 Å². The zero-order valence-corrected chi connectivity index (χ0v) is 17.8. The van der Waals surface area contributed by atoms with Crippen LogP contribution in [0.5, 0.6) is 17.2 Å². The van der Waals surface area contributed by atoms with Crippen LogP contribution in [-0.4, -0.2) is 19.2 Å². The summed E-state index contributed by atoms with van der Waals surface area (Å²) in [6.07, 6.45) is 0. The van der Waals surface area contributed by atoms with E-state index in [1.807, 2.05) is 66.7 Å². The third-order valence-corrected chi connectivity index (χ3v) is 5.12. The minimum Gasteiger partial charge on any atom is -0.497 e. The summed E-state index contributed by atoms with van der Waals surface area (Å²) >= 11 is 11.9. The van der Waals surface area contributed by atoms with Crippen molar-refractivity contribution < 1.29 is 14.2 Å². The number of hydrogen-bond donors (Lipinski definition) is 1. The smallest absolute Gasteiger partial charge is 0.171 e. The maximum absolute atomic E-state index is 6.25. The van der Waals surface area contributed by atoms with Crippen LogP contribution in [0.1, 0.15) is 16.7 Å². The van der Waals surface area contributed by atoms with Gasteiger partial charge in [-0.3, -0.25) is 0 Å². The molecular weight excluding hydrogens is 406 g/mol. The number of nitrogens with one attached hydrogen (secondary N) is 1. The van der Waals surface area contributed by atoms with E-state index in [-0.39, 0.29) is 0 Å². The molecule has 0 aliphatic heterocycles. The molecule has 3 rings (SSSR count). The first-order valence-electron chi connectivity index (χ1n) is 9.06. The number of halogens is 1. The molecule has 150 valence electrons. The molecule has 0 radical (unpaired) electrons. The Morgan fingerprint density at radius 1 is 0.931 bits per heavy atom. The molecule has 0 heterocycles. The lowest BCUT2D eigenvalue weighted by atomic mass is 10.1. The maximum Gasteiger partial charge on any atom is 0.171 e. The quantitative estimate of drug-likeness (QED) is 0.487. The summed E-state index contributed by atoms with van der Waals surface area (Å²) in [5.74, 6) is 2.02. The molecule has 0 unspecified atom stereocenters. The second kappa shape index (κ2) is 10.1. The van der Waals surface area contributed by atoms with E-state index in [1.165, 1.54) is 0 Å². The Balaban J connectivity index is 1.75. The number of methoxy groups -OCH3 is 2. The molecule has 0 aliphatic rings. The average Bonchev–Trinajstić information content (AvgIpc) is 2.77. The Kier molecular flexibility index (Phi) is 7.33. The van der Waals surface area contributed by atoms with Crippen LogP contribution in [0, 0.1) is 0 Å². The second-order valence-electron chi connectivity index (χ2n) is 6.25. The van der Waals surface area contributed by atoms with Gasteiger partial charge in [-0.1, -0.05) is 60.2 Å². The lowest BCUT2D eigenvalue weighted by Gasteiger charge is -2.17. The van der Waals surface area contributed by atoms with E-state index in [0.29, 0.717) is 34.7 Å². The number of ether oxygens (including phenoxy) is 3. The normalized spacial score (nSPS) is 10.3. The minimum atomic E-state index is 0.314. The van der Waals surface area contributed by atoms with Crippen molar-refractivity contribution in [2.45, 2.75) is 13.2 Å². The van der Waals surface area contributed by atoms with Gasteiger partial charge in [0.05, 0.1) is 19.8 Å². The highest BCUT2D eigenvalue weighted by molar-refractivity contribution is 7.80. The average molecular weight is 428 g/mol. The van der Waals surface area contributed by atoms with Crippen molar-refractivity contribution >= 4 is 28.8 Å². The summed E-state index contributed by atoms with van der Waals surface area (Å²) in [4.78, 5) is 0.578. The van der Waals surface area contributed by atoms with Gasteiger partial charge in [0.15, 0.2) is 11.5 Å². The van der Waals surface area contributed by atoms with Gasteiger partial charge in [-0.25, -0.2) is 0 Å². The first-order chi connectivity index (χ1) is 14.1. The van der Waals surface area contributed by atoms with Gasteiger partial charge in [0.25, 0.3) is 0 Å². The van der Waals surface area contributed by atoms with E-state index in [1.54, 1.807) is 14.2 Å². The molecule has 0 aliphatic carbocycles. The van der Waals surface area contributed by atoms with E-state index in [0.717, 1.165) is 22.4 Å². The summed E-state index contributed by atoms with van der Waals surface area (Å²) in [6.45, 7) is 0.901. The molecule has 1 N–H and O–H groups in total. The first kappa shape index (κ1) is 21.0. The Morgan fingerprint density at radius 2 is 1.69 bits per heavy atom. The Morgan fingerprint density at radius 3 is 2.38 bits per heavy atom. The summed E-state index contributed by atoms with van der Waals surface area (Å²) in [5, 5.41) is 3.94. The van der Waals surface area contributed by atoms with Crippen LogP contribution in [0.25, 0.3) is 0 Å². The molecule has 0 saturated heterocycles. The monoisotopic (exact) mass is 427 g/mol. The van der Waals surface area contributed by atoms with Gasteiger partial charge in [0.1, 0.15) is 17.3 Å². The van der Waals surface area contributed by atoms with E-state index in [9.17, 15) is 0 Å². The van der Waals surface area contributed by atoms with Crippen LogP contribution in [0.2, 0.25) is 5.02 Å². The van der Waals surface area contributed by atoms with Crippen molar-refractivity contribution in [2.24, 2.45) is 0 Å². The number of rotatable bonds is 8. The summed E-state index contributed by atoms with van der Waals surface area (Å²) in [6, 6.07) is 21.1. The Hall–Kier alpha value is -2.76. The molecule has 0 saturated carbocycles. The molecule has 29 heavy (non-hydrogen) atoms. The standard InChI is InChI=1S/C23H22ClNO3S/c1-26-18-12-10-16(11-13-18)14-25-23(29)19-7-5-9-21(27-2)22(19)28-15-17-6-3-4-8-20(17)24/h3-13H,14-15H2,1-2H3,(H,25,29). The van der Waals surface area contributed by atoms with Gasteiger partial charge in [0, 0.05) is 17.1 Å². The summed E-state index contributed by atoms with van der Waals surface area (Å²) < 4.78 is 16.8. The molecule has 0 spiro atoms. The minimum absolute atomic E-state index is 0.314. The fourth-order valence-corrected chi connectivity index (χ4v) is 3.21. The topological polar surface area (TPSA) is 39.7 Å². The fourth-order valence-electron chi connectivity index (χ4n) is 2.79. The van der Waals surface area contributed by atoms with Gasteiger partial charge >= 0.3 is 0 Å². The molecule has 3 aromatic rings. The van der Waals surface area contributed by atoms with Crippen molar-refractivity contribution in [3.63, 3.8) is 0 Å². The molecule has 0 amide bonds. The van der Waals surface area contributed by atoms with E-state index >= 15 is 0 Å². The third kappa shape index (κ3) is 5.40. The van der Waals surface area contributed by atoms with Gasteiger partial charge in [-0.15, -0.1) is 0 Å². The van der Waals surface area contributed by atoms with Gasteiger partial charge in [0.2, 0.25) is 0 Å². The summed E-state index contributed by atoms with van der Waals surface area (Å²) in [7, 11) is 3.25. The van der Waals surface area contributed by atoms with Crippen LogP contribution >= 0.6 is 23.8 Å². The molecule has 0 fully saturated rings. The van der Waals surface area contributed by atoms with Crippen LogP contribution < -0.4 is 19.5 Å². The molecule has 0 atom stereocenters. The summed E-state index contributed by atoms with van der Waals surface area (Å²) in [5.41, 5.74) is 2.75. The molecule has 3 aromatic carbocycles. The fraction of sp³-hybridized carbons (Fsp3) is 0.174. The van der Waals surface area contributed by atoms with Crippen LogP contribution in [0.4, 0.5) is 0 Å². The zero-order chi connectivity index (χ0) is 20.6. The predicted octanol–water partition coefficient (Wildman–Crippen LogP) is 5.40. The SMILES string of the molecule is COc1ccc(CNC(=S)c2cccc(OC)c2OCc2ccccc2Cl)cc1. The van der Waals surface area contributed by atoms with Gasteiger partial charge in [-0.05, 0) is 35.9 Å². The first-order valence-corrected chi connectivity index (χ1v) is 9.85. The molecule has 4 nitrogen and oxygen atoms in total. The largest absolute Gasteiger partial charge is 0.497 e. The van der Waals surface area contributed by atoms with Crippen LogP contribution in [0.15, 0.2) is 66.7 Å².